The molecule has 0 unspecified atom stereocenters. The van der Waals surface area contributed by atoms with E-state index in [-0.39, 0.29) is 24.1 Å². The molecule has 0 aliphatic heterocycles. The van der Waals surface area contributed by atoms with E-state index in [9.17, 15) is 14.0 Å². The number of nitrogens with one attached hydrogen (secondary N) is 3. The molecule has 2 amide bonds. The largest absolute Gasteiger partial charge is 0.361 e. The van der Waals surface area contributed by atoms with Crippen LogP contribution in [0.15, 0.2) is 36.8 Å². The third-order valence-corrected chi connectivity index (χ3v) is 3.82. The topological polar surface area (TPSA) is 91.8 Å². The molecule has 1 atom stereocenters. The van der Waals surface area contributed by atoms with Crippen LogP contribution in [0, 0.1) is 5.82 Å². The van der Waals surface area contributed by atoms with Crippen LogP contribution in [0.1, 0.15) is 12.5 Å². The lowest BCUT2D eigenvalue weighted by atomic mass is 10.0. The van der Waals surface area contributed by atoms with E-state index in [2.05, 4.69) is 20.7 Å². The number of aryl methyl sites for hydroxylation is 1. The first-order valence-corrected chi connectivity index (χ1v) is 7.74. The van der Waals surface area contributed by atoms with Crippen LogP contribution in [0.25, 0.3) is 10.9 Å². The first-order valence-electron chi connectivity index (χ1n) is 7.74. The molecule has 0 fully saturated rings. The minimum atomic E-state index is -0.762. The van der Waals surface area contributed by atoms with Crippen molar-refractivity contribution < 1.29 is 14.0 Å². The summed E-state index contributed by atoms with van der Waals surface area (Å²) >= 11 is 0. The van der Waals surface area contributed by atoms with Gasteiger partial charge in [0.2, 0.25) is 11.8 Å². The average molecular weight is 343 g/mol. The van der Waals surface area contributed by atoms with Crippen LogP contribution in [0.5, 0.6) is 0 Å². The zero-order chi connectivity index (χ0) is 18.0. The van der Waals surface area contributed by atoms with Crippen molar-refractivity contribution in [2.75, 3.05) is 5.32 Å². The maximum absolute atomic E-state index is 13.3. The number of anilines is 1. The quantitative estimate of drug-likeness (QED) is 0.659. The number of fused-ring (bicyclic) bond motifs is 1. The number of amides is 2. The standard InChI is InChI=1S/C17H18FN5O2/c1-10(24)21-16(17(25)22-13-8-20-23(2)9-13)5-11-7-19-15-6-12(18)3-4-14(11)15/h3-4,6-9,16,19H,5H2,1-2H3,(H,21,24)(H,22,25)/t16-/m0/s1. The van der Waals surface area contributed by atoms with Crippen LogP contribution in [-0.2, 0) is 23.1 Å². The van der Waals surface area contributed by atoms with Gasteiger partial charge in [0.05, 0.1) is 11.9 Å². The van der Waals surface area contributed by atoms with E-state index >= 15 is 0 Å². The van der Waals surface area contributed by atoms with Gasteiger partial charge in [-0.2, -0.15) is 5.10 Å². The van der Waals surface area contributed by atoms with Gasteiger partial charge in [-0.3, -0.25) is 14.3 Å². The van der Waals surface area contributed by atoms with Crippen LogP contribution in [0.4, 0.5) is 10.1 Å². The van der Waals surface area contributed by atoms with Crippen LogP contribution in [0.3, 0.4) is 0 Å². The number of aromatic nitrogens is 3. The SMILES string of the molecule is CC(=O)N[C@@H](Cc1c[nH]c2cc(F)ccc12)C(=O)Nc1cnn(C)c1. The fourth-order valence-electron chi connectivity index (χ4n) is 2.72. The Morgan fingerprint density at radius 1 is 1.40 bits per heavy atom. The molecule has 0 aliphatic carbocycles. The second-order valence-corrected chi connectivity index (χ2v) is 5.85. The van der Waals surface area contributed by atoms with Gasteiger partial charge in [0, 0.05) is 43.7 Å². The van der Waals surface area contributed by atoms with E-state index < -0.39 is 6.04 Å². The highest BCUT2D eigenvalue weighted by atomic mass is 19.1. The molecular weight excluding hydrogens is 325 g/mol. The van der Waals surface area contributed by atoms with Gasteiger partial charge in [0.1, 0.15) is 11.9 Å². The Hall–Kier alpha value is -3.16. The lowest BCUT2D eigenvalue weighted by molar-refractivity contribution is -0.125. The van der Waals surface area contributed by atoms with Crippen LogP contribution < -0.4 is 10.6 Å². The van der Waals surface area contributed by atoms with Gasteiger partial charge in [-0.1, -0.05) is 0 Å². The average Bonchev–Trinajstić information content (AvgIpc) is 3.12. The summed E-state index contributed by atoms with van der Waals surface area (Å²) in [6.07, 6.45) is 5.18. The zero-order valence-corrected chi connectivity index (χ0v) is 13.8. The predicted octanol–water partition coefficient (Wildman–Crippen LogP) is 1.73. The van der Waals surface area contributed by atoms with Crippen molar-refractivity contribution in [1.29, 1.82) is 0 Å². The highest BCUT2D eigenvalue weighted by molar-refractivity contribution is 5.97. The number of hydrogen-bond donors (Lipinski definition) is 3. The Balaban J connectivity index is 1.82. The minimum absolute atomic E-state index is 0.275. The van der Waals surface area contributed by atoms with Crippen molar-refractivity contribution in [2.24, 2.45) is 7.05 Å². The molecule has 0 radical (unpaired) electrons. The van der Waals surface area contributed by atoms with E-state index in [1.54, 1.807) is 30.2 Å². The van der Waals surface area contributed by atoms with Crippen LogP contribution >= 0.6 is 0 Å². The Labute approximate surface area is 143 Å². The number of H-pyrrole nitrogens is 1. The maximum Gasteiger partial charge on any atom is 0.247 e. The molecule has 2 heterocycles. The summed E-state index contributed by atoms with van der Waals surface area (Å²) in [5.74, 6) is -0.995. The summed E-state index contributed by atoms with van der Waals surface area (Å²) in [7, 11) is 1.74. The van der Waals surface area contributed by atoms with Crippen molar-refractivity contribution in [2.45, 2.75) is 19.4 Å². The number of carbonyl (C=O) groups excluding carboxylic acids is 2. The van der Waals surface area contributed by atoms with E-state index in [0.717, 1.165) is 10.9 Å². The van der Waals surface area contributed by atoms with Crippen molar-refractivity contribution in [3.8, 4) is 0 Å². The van der Waals surface area contributed by atoms with Crippen molar-refractivity contribution in [1.82, 2.24) is 20.1 Å². The van der Waals surface area contributed by atoms with Gasteiger partial charge in [0.15, 0.2) is 0 Å². The van der Waals surface area contributed by atoms with Gasteiger partial charge in [-0.25, -0.2) is 4.39 Å². The Morgan fingerprint density at radius 2 is 2.20 bits per heavy atom. The smallest absolute Gasteiger partial charge is 0.247 e. The molecule has 3 N–H and O–H groups in total. The molecule has 8 heteroatoms. The molecule has 0 bridgehead atoms. The fraction of sp³-hybridized carbons (Fsp3) is 0.235. The van der Waals surface area contributed by atoms with Gasteiger partial charge in [0.25, 0.3) is 0 Å². The molecule has 0 saturated carbocycles. The fourth-order valence-corrected chi connectivity index (χ4v) is 2.72. The Morgan fingerprint density at radius 3 is 2.88 bits per heavy atom. The van der Waals surface area contributed by atoms with Crippen molar-refractivity contribution >= 4 is 28.4 Å². The molecule has 0 saturated heterocycles. The minimum Gasteiger partial charge on any atom is -0.361 e. The zero-order valence-electron chi connectivity index (χ0n) is 13.8. The number of hydrogen-bond acceptors (Lipinski definition) is 3. The number of benzene rings is 1. The summed E-state index contributed by atoms with van der Waals surface area (Å²) in [5.41, 5.74) is 2.00. The predicted molar refractivity (Wildman–Crippen MR) is 91.4 cm³/mol. The summed E-state index contributed by atoms with van der Waals surface area (Å²) in [6.45, 7) is 1.36. The summed E-state index contributed by atoms with van der Waals surface area (Å²) in [6, 6.07) is 3.65. The Bertz CT molecular complexity index is 930. The second-order valence-electron chi connectivity index (χ2n) is 5.85. The number of halogens is 1. The highest BCUT2D eigenvalue weighted by Gasteiger charge is 2.22. The first kappa shape index (κ1) is 16.7. The number of carbonyl (C=O) groups is 2. The first-order chi connectivity index (χ1) is 11.9. The molecule has 3 rings (SSSR count). The number of nitrogens with zero attached hydrogens (tertiary/aromatic N) is 2. The molecule has 0 aliphatic rings. The third kappa shape index (κ3) is 3.85. The summed E-state index contributed by atoms with van der Waals surface area (Å²) in [4.78, 5) is 27.0. The normalized spacial score (nSPS) is 12.1. The van der Waals surface area contributed by atoms with E-state index in [1.165, 1.54) is 25.3 Å². The lowest BCUT2D eigenvalue weighted by Gasteiger charge is -2.16. The van der Waals surface area contributed by atoms with Crippen molar-refractivity contribution in [3.63, 3.8) is 0 Å². The molecule has 25 heavy (non-hydrogen) atoms. The Kier molecular flexibility index (Phi) is 4.51. The van der Waals surface area contributed by atoms with Gasteiger partial charge in [-0.05, 0) is 23.8 Å². The van der Waals surface area contributed by atoms with Gasteiger partial charge in [-0.15, -0.1) is 0 Å². The van der Waals surface area contributed by atoms with Gasteiger partial charge >= 0.3 is 0 Å². The molecule has 7 nitrogen and oxygen atoms in total. The second kappa shape index (κ2) is 6.76. The molecule has 0 spiro atoms. The lowest BCUT2D eigenvalue weighted by Crippen LogP contribution is -2.44. The molecular formula is C17H18FN5O2. The maximum atomic E-state index is 13.3. The molecule has 1 aromatic carbocycles. The number of rotatable bonds is 5. The van der Waals surface area contributed by atoms with Crippen LogP contribution in [-0.4, -0.2) is 32.6 Å². The molecule has 3 aromatic rings. The van der Waals surface area contributed by atoms with Crippen LogP contribution in [0.2, 0.25) is 0 Å². The van der Waals surface area contributed by atoms with E-state index in [1.807, 2.05) is 0 Å². The van der Waals surface area contributed by atoms with Crippen molar-refractivity contribution in [3.05, 3.63) is 48.2 Å². The monoisotopic (exact) mass is 343 g/mol. The third-order valence-electron chi connectivity index (χ3n) is 3.82. The van der Waals surface area contributed by atoms with E-state index in [0.29, 0.717) is 11.2 Å². The highest BCUT2D eigenvalue weighted by Crippen LogP contribution is 2.21. The number of aromatic amines is 1. The summed E-state index contributed by atoms with van der Waals surface area (Å²) < 4.78 is 14.9. The van der Waals surface area contributed by atoms with Gasteiger partial charge < -0.3 is 15.6 Å². The van der Waals surface area contributed by atoms with E-state index in [4.69, 9.17) is 0 Å². The molecule has 130 valence electrons. The summed E-state index contributed by atoms with van der Waals surface area (Å²) in [5, 5.41) is 10.2. The molecule has 2 aromatic heterocycles.